The molecule has 0 saturated heterocycles. The molecule has 0 spiro atoms. The van der Waals surface area contributed by atoms with Gasteiger partial charge in [-0.1, -0.05) is 6.07 Å². The van der Waals surface area contributed by atoms with Crippen molar-refractivity contribution in [2.75, 3.05) is 13.2 Å². The predicted molar refractivity (Wildman–Crippen MR) is 76.8 cm³/mol. The highest BCUT2D eigenvalue weighted by Crippen LogP contribution is 2.24. The summed E-state index contributed by atoms with van der Waals surface area (Å²) in [6.45, 7) is -0.199. The molecule has 9 nitrogen and oxygen atoms in total. The van der Waals surface area contributed by atoms with E-state index in [1.165, 1.54) is 12.1 Å². The van der Waals surface area contributed by atoms with Crippen LogP contribution in [-0.4, -0.2) is 68.0 Å². The zero-order valence-electron chi connectivity index (χ0n) is 11.8. The van der Waals surface area contributed by atoms with Crippen molar-refractivity contribution in [2.24, 2.45) is 11.5 Å². The number of aromatic hydroxyl groups is 2. The van der Waals surface area contributed by atoms with Crippen molar-refractivity contribution in [2.45, 2.75) is 24.7 Å². The van der Waals surface area contributed by atoms with E-state index in [9.17, 15) is 4.79 Å². The van der Waals surface area contributed by atoms with E-state index in [1.54, 1.807) is 6.07 Å². The van der Waals surface area contributed by atoms with Gasteiger partial charge >= 0.3 is 0 Å². The van der Waals surface area contributed by atoms with Crippen LogP contribution in [0.15, 0.2) is 18.2 Å². The van der Waals surface area contributed by atoms with Crippen LogP contribution in [-0.2, 0) is 11.2 Å². The number of amides is 1. The van der Waals surface area contributed by atoms with Gasteiger partial charge in [-0.15, -0.1) is 0 Å². The number of phenols is 2. The number of nitrogens with two attached hydrogens (primary N) is 2. The van der Waals surface area contributed by atoms with Crippen molar-refractivity contribution >= 4 is 5.91 Å². The largest absolute Gasteiger partial charge is 0.504 e. The lowest BCUT2D eigenvalue weighted by Gasteiger charge is -2.18. The fraction of sp³-hybridized carbons (Fsp3) is 0.462. The molecule has 0 aliphatic carbocycles. The molecule has 0 bridgehead atoms. The Balaban J connectivity index is 0.000000401. The van der Waals surface area contributed by atoms with Crippen LogP contribution in [0.4, 0.5) is 0 Å². The zero-order valence-corrected chi connectivity index (χ0v) is 11.8. The number of aliphatic hydroxyl groups excluding tert-OH is 4. The maximum Gasteiger partial charge on any atom is 0.249 e. The fourth-order valence-corrected chi connectivity index (χ4v) is 1.38. The Hall–Kier alpha value is -1.91. The summed E-state index contributed by atoms with van der Waals surface area (Å²) in [5.41, 5.74) is 10.8. The van der Waals surface area contributed by atoms with Gasteiger partial charge in [0.15, 0.2) is 17.6 Å². The smallest absolute Gasteiger partial charge is 0.249 e. The van der Waals surface area contributed by atoms with Crippen LogP contribution in [0.5, 0.6) is 11.5 Å². The van der Waals surface area contributed by atoms with Crippen molar-refractivity contribution in [1.82, 2.24) is 0 Å². The molecular formula is C13H22N2O7. The number of carbonyl (C=O) groups excluding carboxylic acids is 1. The molecular weight excluding hydrogens is 296 g/mol. The molecule has 0 heterocycles. The Kier molecular flexibility index (Phi) is 9.06. The lowest BCUT2D eigenvalue weighted by molar-refractivity contribution is -0.139. The van der Waals surface area contributed by atoms with Gasteiger partial charge in [0.2, 0.25) is 5.91 Å². The SMILES string of the molecule is NC(=O)[C@H](O)[C@H](O)[C@H](O)CO.NCCc1ccc(O)c(O)c1. The molecule has 0 aromatic heterocycles. The van der Waals surface area contributed by atoms with Crippen molar-refractivity contribution in [3.8, 4) is 11.5 Å². The summed E-state index contributed by atoms with van der Waals surface area (Å²) >= 11 is 0. The fourth-order valence-electron chi connectivity index (χ4n) is 1.38. The van der Waals surface area contributed by atoms with Crippen LogP contribution in [0.1, 0.15) is 5.56 Å². The maximum atomic E-state index is 10.2. The Bertz CT molecular complexity index is 470. The third kappa shape index (κ3) is 6.70. The minimum Gasteiger partial charge on any atom is -0.504 e. The minimum atomic E-state index is -1.85. The molecule has 1 amide bonds. The number of rotatable bonds is 6. The van der Waals surface area contributed by atoms with Crippen molar-refractivity contribution in [3.63, 3.8) is 0 Å². The van der Waals surface area contributed by atoms with E-state index >= 15 is 0 Å². The lowest BCUT2D eigenvalue weighted by atomic mass is 10.1. The van der Waals surface area contributed by atoms with Crippen LogP contribution >= 0.6 is 0 Å². The first-order chi connectivity index (χ1) is 10.2. The highest BCUT2D eigenvalue weighted by Gasteiger charge is 2.27. The summed E-state index contributed by atoms with van der Waals surface area (Å²) in [7, 11) is 0. The molecule has 126 valence electrons. The van der Waals surface area contributed by atoms with Crippen LogP contribution < -0.4 is 11.5 Å². The van der Waals surface area contributed by atoms with E-state index in [2.05, 4.69) is 5.73 Å². The van der Waals surface area contributed by atoms with Gasteiger partial charge in [0.25, 0.3) is 0 Å². The molecule has 3 atom stereocenters. The van der Waals surface area contributed by atoms with E-state index in [0.717, 1.165) is 5.56 Å². The van der Waals surface area contributed by atoms with Crippen LogP contribution in [0.25, 0.3) is 0 Å². The zero-order chi connectivity index (χ0) is 17.3. The predicted octanol–water partition coefficient (Wildman–Crippen LogP) is -2.85. The number of hydrogen-bond acceptors (Lipinski definition) is 8. The third-order valence-electron chi connectivity index (χ3n) is 2.67. The maximum absolute atomic E-state index is 10.2. The molecule has 10 N–H and O–H groups in total. The van der Waals surface area contributed by atoms with Crippen molar-refractivity contribution < 1.29 is 35.4 Å². The van der Waals surface area contributed by atoms with E-state index in [4.69, 9.17) is 36.4 Å². The second-order valence-corrected chi connectivity index (χ2v) is 4.45. The number of aliphatic hydroxyl groups is 4. The molecule has 0 fully saturated rings. The van der Waals surface area contributed by atoms with Gasteiger partial charge in [0.1, 0.15) is 12.2 Å². The van der Waals surface area contributed by atoms with E-state index < -0.39 is 30.8 Å². The van der Waals surface area contributed by atoms with Crippen molar-refractivity contribution in [1.29, 1.82) is 0 Å². The molecule has 1 rings (SSSR count). The van der Waals surface area contributed by atoms with Crippen LogP contribution in [0, 0.1) is 0 Å². The van der Waals surface area contributed by atoms with Crippen molar-refractivity contribution in [3.05, 3.63) is 23.8 Å². The minimum absolute atomic E-state index is 0.0871. The van der Waals surface area contributed by atoms with E-state index in [1.807, 2.05) is 0 Å². The summed E-state index contributed by atoms with van der Waals surface area (Å²) in [6, 6.07) is 4.71. The molecule has 22 heavy (non-hydrogen) atoms. The van der Waals surface area contributed by atoms with Gasteiger partial charge in [-0.25, -0.2) is 0 Å². The van der Waals surface area contributed by atoms with Gasteiger partial charge < -0.3 is 42.1 Å². The molecule has 1 aromatic carbocycles. The topological polar surface area (TPSA) is 190 Å². The van der Waals surface area contributed by atoms with Gasteiger partial charge in [-0.2, -0.15) is 0 Å². The first kappa shape index (κ1) is 20.1. The first-order valence-electron chi connectivity index (χ1n) is 6.39. The molecule has 1 aromatic rings. The average Bonchev–Trinajstić information content (AvgIpc) is 2.49. The Morgan fingerprint density at radius 3 is 2.14 bits per heavy atom. The van der Waals surface area contributed by atoms with Crippen LogP contribution in [0.3, 0.4) is 0 Å². The molecule has 0 radical (unpaired) electrons. The first-order valence-corrected chi connectivity index (χ1v) is 6.39. The average molecular weight is 318 g/mol. The number of phenolic OH excluding ortho intramolecular Hbond substituents is 2. The lowest BCUT2D eigenvalue weighted by Crippen LogP contribution is -2.46. The quantitative estimate of drug-likeness (QED) is 0.257. The number of benzene rings is 1. The van der Waals surface area contributed by atoms with Gasteiger partial charge in [0, 0.05) is 0 Å². The number of hydrogen-bond donors (Lipinski definition) is 8. The van der Waals surface area contributed by atoms with Gasteiger partial charge in [-0.05, 0) is 30.7 Å². The third-order valence-corrected chi connectivity index (χ3v) is 2.67. The van der Waals surface area contributed by atoms with Gasteiger partial charge in [0.05, 0.1) is 6.61 Å². The molecule has 0 unspecified atom stereocenters. The summed E-state index contributed by atoms with van der Waals surface area (Å²) in [4.78, 5) is 10.2. The van der Waals surface area contributed by atoms with Crippen LogP contribution in [0.2, 0.25) is 0 Å². The summed E-state index contributed by atoms with van der Waals surface area (Å²) in [6.07, 6.45) is -4.43. The summed E-state index contributed by atoms with van der Waals surface area (Å²) in [5.74, 6) is -1.33. The Morgan fingerprint density at radius 1 is 1.14 bits per heavy atom. The van der Waals surface area contributed by atoms with E-state index in [0.29, 0.717) is 13.0 Å². The highest BCUT2D eigenvalue weighted by molar-refractivity contribution is 5.79. The normalized spacial score (nSPS) is 14.4. The molecule has 0 saturated carbocycles. The number of primary amides is 1. The monoisotopic (exact) mass is 318 g/mol. The van der Waals surface area contributed by atoms with Gasteiger partial charge in [-0.3, -0.25) is 4.79 Å². The second-order valence-electron chi connectivity index (χ2n) is 4.45. The molecule has 9 heteroatoms. The second kappa shape index (κ2) is 9.92. The molecule has 0 aliphatic heterocycles. The summed E-state index contributed by atoms with van der Waals surface area (Å²) < 4.78 is 0. The Labute approximate surface area is 127 Å². The Morgan fingerprint density at radius 2 is 1.73 bits per heavy atom. The molecule has 0 aliphatic rings. The highest BCUT2D eigenvalue weighted by atomic mass is 16.4. The standard InChI is InChI=1S/C8H11NO2.C5H11NO5/c9-4-3-6-1-2-7(10)8(11)5-6;6-5(11)4(10)3(9)2(8)1-7/h1-2,5,10-11H,3-4,9H2;2-4,7-10H,1H2,(H2,6,11)/t;2-,3-,4-/m.1/s1. The van der Waals surface area contributed by atoms with E-state index in [-0.39, 0.29) is 11.5 Å². The summed E-state index contributed by atoms with van der Waals surface area (Å²) in [5, 5.41) is 52.4. The number of carbonyl (C=O) groups is 1.